The van der Waals surface area contributed by atoms with Crippen molar-refractivity contribution in [3.63, 3.8) is 0 Å². The summed E-state index contributed by atoms with van der Waals surface area (Å²) in [6.45, 7) is 6.15. The Morgan fingerprint density at radius 1 is 1.00 bits per heavy atom. The third-order valence-corrected chi connectivity index (χ3v) is 5.80. The Bertz CT molecular complexity index is 1080. The van der Waals surface area contributed by atoms with Gasteiger partial charge in [-0.15, -0.1) is 0 Å². The van der Waals surface area contributed by atoms with Crippen molar-refractivity contribution in [1.29, 1.82) is 0 Å². The molecule has 6 heteroatoms. The summed E-state index contributed by atoms with van der Waals surface area (Å²) in [6, 6.07) is 15.9. The first-order chi connectivity index (χ1) is 14.9. The number of hydrogen-bond acceptors (Lipinski definition) is 5. The number of anilines is 1. The van der Waals surface area contributed by atoms with Crippen molar-refractivity contribution in [1.82, 2.24) is 9.97 Å². The van der Waals surface area contributed by atoms with Crippen molar-refractivity contribution < 1.29 is 14.7 Å². The summed E-state index contributed by atoms with van der Waals surface area (Å²) in [5.41, 5.74) is 3.39. The number of aromatic nitrogens is 2. The maximum atomic E-state index is 13.5. The highest BCUT2D eigenvalue weighted by atomic mass is 16.3. The van der Waals surface area contributed by atoms with E-state index >= 15 is 0 Å². The average molecular weight is 415 g/mol. The van der Waals surface area contributed by atoms with E-state index in [2.05, 4.69) is 23.8 Å². The van der Waals surface area contributed by atoms with Gasteiger partial charge in [-0.3, -0.25) is 14.5 Å². The van der Waals surface area contributed by atoms with Crippen LogP contribution in [-0.2, 0) is 4.79 Å². The molecule has 1 aliphatic rings. The lowest BCUT2D eigenvalue weighted by Crippen LogP contribution is -2.32. The van der Waals surface area contributed by atoms with Gasteiger partial charge >= 0.3 is 0 Å². The molecule has 2 heterocycles. The van der Waals surface area contributed by atoms with Crippen LogP contribution in [0.3, 0.4) is 0 Å². The van der Waals surface area contributed by atoms with E-state index in [1.807, 2.05) is 43.3 Å². The van der Waals surface area contributed by atoms with Gasteiger partial charge in [-0.25, -0.2) is 9.97 Å². The Morgan fingerprint density at radius 2 is 1.61 bits per heavy atom. The van der Waals surface area contributed by atoms with Gasteiger partial charge in [-0.05, 0) is 30.0 Å². The monoisotopic (exact) mass is 415 g/mol. The van der Waals surface area contributed by atoms with Crippen LogP contribution in [-0.4, -0.2) is 32.9 Å². The van der Waals surface area contributed by atoms with Crippen molar-refractivity contribution in [2.45, 2.75) is 38.8 Å². The molecule has 2 aromatic carbocycles. The highest BCUT2D eigenvalue weighted by molar-refractivity contribution is 6.08. The topological polar surface area (TPSA) is 83.4 Å². The Hall–Kier alpha value is -3.38. The lowest BCUT2D eigenvalue weighted by molar-refractivity contribution is -0.124. The predicted molar refractivity (Wildman–Crippen MR) is 118 cm³/mol. The summed E-state index contributed by atoms with van der Waals surface area (Å²) in [5, 5.41) is 10.9. The van der Waals surface area contributed by atoms with Gasteiger partial charge in [0.25, 0.3) is 5.91 Å². The fourth-order valence-corrected chi connectivity index (χ4v) is 4.04. The van der Waals surface area contributed by atoms with Crippen LogP contribution in [0.5, 0.6) is 0 Å². The first kappa shape index (κ1) is 20.9. The molecule has 1 fully saturated rings. The number of benzene rings is 2. The van der Waals surface area contributed by atoms with E-state index in [-0.39, 0.29) is 11.7 Å². The van der Waals surface area contributed by atoms with Gasteiger partial charge in [0.05, 0.1) is 12.0 Å². The Kier molecular flexibility index (Phi) is 5.65. The zero-order valence-electron chi connectivity index (χ0n) is 17.8. The molecule has 3 aromatic rings. The molecule has 3 unspecified atom stereocenters. The molecule has 0 radical (unpaired) electrons. The molecule has 158 valence electrons. The van der Waals surface area contributed by atoms with Gasteiger partial charge in [-0.2, -0.15) is 0 Å². The number of carbonyl (C=O) groups is 2. The second-order valence-electron chi connectivity index (χ2n) is 8.22. The number of amides is 1. The molecule has 1 N–H and O–H groups in total. The maximum Gasteiger partial charge on any atom is 0.259 e. The van der Waals surface area contributed by atoms with Crippen LogP contribution in [0.2, 0.25) is 0 Å². The molecular weight excluding hydrogens is 390 g/mol. The van der Waals surface area contributed by atoms with Crippen molar-refractivity contribution in [2.75, 3.05) is 4.90 Å². The van der Waals surface area contributed by atoms with Crippen LogP contribution in [0, 0.1) is 12.8 Å². The molecule has 0 bridgehead atoms. The van der Waals surface area contributed by atoms with Crippen molar-refractivity contribution in [3.05, 3.63) is 89.2 Å². The minimum Gasteiger partial charge on any atom is -0.382 e. The van der Waals surface area contributed by atoms with E-state index in [0.29, 0.717) is 11.5 Å². The summed E-state index contributed by atoms with van der Waals surface area (Å²) in [7, 11) is 0. The lowest BCUT2D eigenvalue weighted by Gasteiger charge is -2.26. The lowest BCUT2D eigenvalue weighted by atomic mass is 9.85. The normalized spacial score (nSPS) is 21.0. The summed E-state index contributed by atoms with van der Waals surface area (Å²) in [5.74, 6) is -1.30. The highest BCUT2D eigenvalue weighted by Gasteiger charge is 2.53. The van der Waals surface area contributed by atoms with E-state index in [0.717, 1.165) is 16.7 Å². The van der Waals surface area contributed by atoms with Gasteiger partial charge in [0.1, 0.15) is 6.10 Å². The molecule has 1 amide bonds. The van der Waals surface area contributed by atoms with Gasteiger partial charge in [0.2, 0.25) is 5.95 Å². The Labute approximate surface area is 181 Å². The largest absolute Gasteiger partial charge is 0.382 e. The van der Waals surface area contributed by atoms with Crippen LogP contribution in [0.4, 0.5) is 5.95 Å². The highest BCUT2D eigenvalue weighted by Crippen LogP contribution is 2.42. The Balaban J connectivity index is 1.82. The molecule has 0 spiro atoms. The van der Waals surface area contributed by atoms with Crippen LogP contribution in [0.25, 0.3) is 0 Å². The van der Waals surface area contributed by atoms with E-state index < -0.39 is 24.0 Å². The SMILES string of the molecule is Cc1ccc(C(=O)C2C(O)C(=O)N(c3ncccn3)C2c2ccc(C(C)C)cc2)cc1. The number of aliphatic hydroxyl groups is 1. The number of rotatable bonds is 5. The van der Waals surface area contributed by atoms with Crippen LogP contribution >= 0.6 is 0 Å². The molecule has 6 nitrogen and oxygen atoms in total. The zero-order chi connectivity index (χ0) is 22.1. The van der Waals surface area contributed by atoms with E-state index in [1.165, 1.54) is 17.3 Å². The van der Waals surface area contributed by atoms with Crippen LogP contribution < -0.4 is 4.90 Å². The average Bonchev–Trinajstić information content (AvgIpc) is 3.05. The first-order valence-corrected chi connectivity index (χ1v) is 10.4. The fraction of sp³-hybridized carbons (Fsp3) is 0.280. The van der Waals surface area contributed by atoms with E-state index in [4.69, 9.17) is 0 Å². The van der Waals surface area contributed by atoms with E-state index in [9.17, 15) is 14.7 Å². The second-order valence-corrected chi connectivity index (χ2v) is 8.22. The van der Waals surface area contributed by atoms with Crippen molar-refractivity contribution >= 4 is 17.6 Å². The number of ketones is 1. The number of Topliss-reactive ketones (excluding diaryl/α,β-unsaturated/α-hetero) is 1. The number of carbonyl (C=O) groups excluding carboxylic acids is 2. The van der Waals surface area contributed by atoms with Gasteiger partial charge < -0.3 is 5.11 Å². The molecule has 1 aliphatic heterocycles. The first-order valence-electron chi connectivity index (χ1n) is 10.4. The summed E-state index contributed by atoms with van der Waals surface area (Å²) >= 11 is 0. The van der Waals surface area contributed by atoms with Gasteiger partial charge in [0, 0.05) is 18.0 Å². The third kappa shape index (κ3) is 3.86. The Morgan fingerprint density at radius 3 is 2.19 bits per heavy atom. The fourth-order valence-electron chi connectivity index (χ4n) is 4.04. The molecular formula is C25H25N3O3. The standard InChI is InChI=1S/C25H25N3O3/c1-15(2)17-9-11-18(12-10-17)21-20(22(29)19-7-5-16(3)6-8-19)23(30)24(31)28(21)25-26-13-4-14-27-25/h4-15,20-21,23,30H,1-3H3. The number of aryl methyl sites for hydroxylation is 1. The summed E-state index contributed by atoms with van der Waals surface area (Å²) in [4.78, 5) is 36.4. The minimum atomic E-state index is -1.48. The molecule has 1 saturated heterocycles. The molecule has 3 atom stereocenters. The van der Waals surface area contributed by atoms with Crippen molar-refractivity contribution in [2.24, 2.45) is 5.92 Å². The van der Waals surface area contributed by atoms with E-state index in [1.54, 1.807) is 18.2 Å². The second kappa shape index (κ2) is 8.40. The minimum absolute atomic E-state index is 0.170. The molecule has 0 saturated carbocycles. The number of hydrogen-bond donors (Lipinski definition) is 1. The quantitative estimate of drug-likeness (QED) is 0.640. The predicted octanol–water partition coefficient (Wildman–Crippen LogP) is 3.86. The van der Waals surface area contributed by atoms with Gasteiger partial charge in [0.15, 0.2) is 5.78 Å². The molecule has 1 aromatic heterocycles. The van der Waals surface area contributed by atoms with Crippen LogP contribution in [0.1, 0.15) is 52.9 Å². The van der Waals surface area contributed by atoms with Gasteiger partial charge in [-0.1, -0.05) is 67.9 Å². The molecule has 31 heavy (non-hydrogen) atoms. The molecule has 4 rings (SSSR count). The third-order valence-electron chi connectivity index (χ3n) is 5.80. The number of aliphatic hydroxyl groups excluding tert-OH is 1. The molecule has 0 aliphatic carbocycles. The van der Waals surface area contributed by atoms with Crippen molar-refractivity contribution in [3.8, 4) is 0 Å². The summed E-state index contributed by atoms with van der Waals surface area (Å²) in [6.07, 6.45) is 1.60. The maximum absolute atomic E-state index is 13.5. The zero-order valence-corrected chi connectivity index (χ0v) is 17.8. The van der Waals surface area contributed by atoms with Crippen LogP contribution in [0.15, 0.2) is 67.0 Å². The summed E-state index contributed by atoms with van der Waals surface area (Å²) < 4.78 is 0. The number of nitrogens with zero attached hydrogens (tertiary/aromatic N) is 3. The smallest absolute Gasteiger partial charge is 0.259 e.